The van der Waals surface area contributed by atoms with E-state index in [9.17, 15) is 28.1 Å². The van der Waals surface area contributed by atoms with Crippen molar-refractivity contribution in [2.75, 3.05) is 11.9 Å². The number of hydrogen-bond acceptors (Lipinski definition) is 5. The van der Waals surface area contributed by atoms with Crippen molar-refractivity contribution >= 4 is 17.3 Å². The van der Waals surface area contributed by atoms with E-state index in [-0.39, 0.29) is 36.6 Å². The molecule has 0 unspecified atom stereocenters. The van der Waals surface area contributed by atoms with Crippen molar-refractivity contribution in [3.8, 4) is 0 Å². The van der Waals surface area contributed by atoms with Gasteiger partial charge in [-0.05, 0) is 37.8 Å². The summed E-state index contributed by atoms with van der Waals surface area (Å²) in [4.78, 5) is 22.0. The number of halogens is 3. The lowest BCUT2D eigenvalue weighted by molar-refractivity contribution is -0.384. The molecule has 1 saturated carbocycles. The average Bonchev–Trinajstić information content (AvgIpc) is 2.56. The third-order valence-corrected chi connectivity index (χ3v) is 4.33. The Balaban J connectivity index is 1.88. The lowest BCUT2D eigenvalue weighted by Gasteiger charge is -2.26. The first-order valence-electron chi connectivity index (χ1n) is 8.31. The number of anilines is 1. The van der Waals surface area contributed by atoms with E-state index in [1.165, 1.54) is 0 Å². The Kier molecular flexibility index (Phi) is 6.41. The van der Waals surface area contributed by atoms with Crippen LogP contribution < -0.4 is 16.4 Å². The molecule has 2 rings (SSSR count). The second-order valence-corrected chi connectivity index (χ2v) is 6.34. The summed E-state index contributed by atoms with van der Waals surface area (Å²) in [7, 11) is 0. The van der Waals surface area contributed by atoms with Gasteiger partial charge in [0.25, 0.3) is 5.69 Å². The minimum atomic E-state index is -4.66. The fraction of sp³-hybridized carbons (Fsp3) is 0.562. The van der Waals surface area contributed by atoms with Gasteiger partial charge < -0.3 is 16.4 Å². The van der Waals surface area contributed by atoms with Crippen LogP contribution in [0.25, 0.3) is 0 Å². The number of amides is 1. The van der Waals surface area contributed by atoms with Crippen molar-refractivity contribution in [1.82, 2.24) is 5.32 Å². The van der Waals surface area contributed by atoms with Gasteiger partial charge in [-0.1, -0.05) is 0 Å². The average molecular weight is 374 g/mol. The molecule has 1 fully saturated rings. The molecule has 0 heterocycles. The summed E-state index contributed by atoms with van der Waals surface area (Å²) in [6, 6.07) is 2.49. The molecule has 0 bridgehead atoms. The van der Waals surface area contributed by atoms with E-state index in [1.807, 2.05) is 0 Å². The van der Waals surface area contributed by atoms with Crippen molar-refractivity contribution < 1.29 is 22.9 Å². The minimum absolute atomic E-state index is 0.0561. The van der Waals surface area contributed by atoms with Gasteiger partial charge in [-0.2, -0.15) is 13.2 Å². The summed E-state index contributed by atoms with van der Waals surface area (Å²) >= 11 is 0. The molecule has 4 N–H and O–H groups in total. The van der Waals surface area contributed by atoms with Crippen LogP contribution in [0, 0.1) is 10.1 Å². The van der Waals surface area contributed by atoms with Crippen molar-refractivity contribution in [3.05, 3.63) is 33.9 Å². The molecular weight excluding hydrogens is 353 g/mol. The van der Waals surface area contributed by atoms with Gasteiger partial charge in [-0.15, -0.1) is 0 Å². The molecule has 1 aromatic rings. The summed E-state index contributed by atoms with van der Waals surface area (Å²) < 4.78 is 38.0. The number of nitrogens with two attached hydrogens (primary N) is 1. The Labute approximate surface area is 148 Å². The molecule has 0 spiro atoms. The van der Waals surface area contributed by atoms with Crippen molar-refractivity contribution in [2.45, 2.75) is 50.4 Å². The minimum Gasteiger partial charge on any atom is -0.379 e. The number of benzene rings is 1. The van der Waals surface area contributed by atoms with Crippen LogP contribution >= 0.6 is 0 Å². The highest BCUT2D eigenvalue weighted by Gasteiger charge is 2.33. The lowest BCUT2D eigenvalue weighted by Crippen LogP contribution is -2.40. The van der Waals surface area contributed by atoms with Crippen LogP contribution in [0.3, 0.4) is 0 Å². The number of nitrogens with one attached hydrogen (secondary N) is 2. The Morgan fingerprint density at radius 2 is 1.92 bits per heavy atom. The lowest BCUT2D eigenvalue weighted by atomic mass is 9.92. The van der Waals surface area contributed by atoms with Gasteiger partial charge in [0, 0.05) is 31.1 Å². The molecule has 10 heteroatoms. The van der Waals surface area contributed by atoms with Crippen molar-refractivity contribution in [2.24, 2.45) is 5.73 Å². The molecule has 0 radical (unpaired) electrons. The van der Waals surface area contributed by atoms with Gasteiger partial charge in [0.05, 0.1) is 10.5 Å². The molecule has 1 aliphatic carbocycles. The summed E-state index contributed by atoms with van der Waals surface area (Å²) in [6.45, 7) is 0.0737. The first-order valence-corrected chi connectivity index (χ1v) is 8.31. The first-order chi connectivity index (χ1) is 12.2. The van der Waals surface area contributed by atoms with E-state index in [2.05, 4.69) is 10.6 Å². The SMILES string of the molecule is NC1CCC(NC(=O)CCNc2ccc(C(F)(F)F)cc2[N+](=O)[O-])CC1. The summed E-state index contributed by atoms with van der Waals surface area (Å²) in [6.07, 6.45) is -1.29. The second kappa shape index (κ2) is 8.35. The number of carbonyl (C=O) groups is 1. The monoisotopic (exact) mass is 374 g/mol. The van der Waals surface area contributed by atoms with Gasteiger partial charge in [0.15, 0.2) is 0 Å². The van der Waals surface area contributed by atoms with E-state index in [4.69, 9.17) is 5.73 Å². The fourth-order valence-corrected chi connectivity index (χ4v) is 2.88. The Morgan fingerprint density at radius 3 is 2.50 bits per heavy atom. The van der Waals surface area contributed by atoms with Crippen LogP contribution in [0.1, 0.15) is 37.7 Å². The highest BCUT2D eigenvalue weighted by atomic mass is 19.4. The number of carbonyl (C=O) groups excluding carboxylic acids is 1. The van der Waals surface area contributed by atoms with E-state index in [0.29, 0.717) is 6.07 Å². The fourth-order valence-electron chi connectivity index (χ4n) is 2.88. The number of rotatable bonds is 6. The molecule has 0 aliphatic heterocycles. The van der Waals surface area contributed by atoms with E-state index in [1.54, 1.807) is 0 Å². The van der Waals surface area contributed by atoms with E-state index in [0.717, 1.165) is 37.8 Å². The molecule has 1 amide bonds. The Hall–Kier alpha value is -2.36. The molecule has 0 atom stereocenters. The number of alkyl halides is 3. The van der Waals surface area contributed by atoms with Crippen LogP contribution in [0.5, 0.6) is 0 Å². The van der Waals surface area contributed by atoms with Crippen LogP contribution in [-0.4, -0.2) is 29.5 Å². The predicted molar refractivity (Wildman–Crippen MR) is 89.6 cm³/mol. The maximum atomic E-state index is 12.7. The molecule has 7 nitrogen and oxygen atoms in total. The predicted octanol–water partition coefficient (Wildman–Crippen LogP) is 2.80. The summed E-state index contributed by atoms with van der Waals surface area (Å²) in [5.74, 6) is -0.215. The quantitative estimate of drug-likeness (QED) is 0.524. The zero-order chi connectivity index (χ0) is 19.3. The van der Waals surface area contributed by atoms with Crippen LogP contribution in [0.15, 0.2) is 18.2 Å². The van der Waals surface area contributed by atoms with Gasteiger partial charge >= 0.3 is 6.18 Å². The number of nitro benzene ring substituents is 1. The molecule has 1 aliphatic rings. The van der Waals surface area contributed by atoms with Crippen LogP contribution in [-0.2, 0) is 11.0 Å². The largest absolute Gasteiger partial charge is 0.416 e. The highest BCUT2D eigenvalue weighted by Crippen LogP contribution is 2.34. The molecule has 0 saturated heterocycles. The molecule has 0 aromatic heterocycles. The first kappa shape index (κ1) is 20.0. The van der Waals surface area contributed by atoms with Gasteiger partial charge in [-0.25, -0.2) is 0 Å². The summed E-state index contributed by atoms with van der Waals surface area (Å²) in [5.41, 5.74) is 3.97. The van der Waals surface area contributed by atoms with Gasteiger partial charge in [0.1, 0.15) is 5.69 Å². The Morgan fingerprint density at radius 1 is 1.27 bits per heavy atom. The summed E-state index contributed by atoms with van der Waals surface area (Å²) in [5, 5.41) is 16.5. The zero-order valence-corrected chi connectivity index (χ0v) is 14.0. The van der Waals surface area contributed by atoms with Crippen LogP contribution in [0.4, 0.5) is 24.5 Å². The topological polar surface area (TPSA) is 110 Å². The number of nitrogens with zero attached hydrogens (tertiary/aromatic N) is 1. The molecule has 1 aromatic carbocycles. The van der Waals surface area contributed by atoms with Gasteiger partial charge in [-0.3, -0.25) is 14.9 Å². The van der Waals surface area contributed by atoms with Crippen molar-refractivity contribution in [3.63, 3.8) is 0 Å². The number of hydrogen-bond donors (Lipinski definition) is 3. The third-order valence-electron chi connectivity index (χ3n) is 4.33. The smallest absolute Gasteiger partial charge is 0.379 e. The third kappa shape index (κ3) is 5.58. The second-order valence-electron chi connectivity index (χ2n) is 6.34. The van der Waals surface area contributed by atoms with E-state index >= 15 is 0 Å². The van der Waals surface area contributed by atoms with Crippen LogP contribution in [0.2, 0.25) is 0 Å². The molecule has 144 valence electrons. The van der Waals surface area contributed by atoms with Crippen molar-refractivity contribution in [1.29, 1.82) is 0 Å². The van der Waals surface area contributed by atoms with E-state index < -0.39 is 22.4 Å². The number of nitro groups is 1. The highest BCUT2D eigenvalue weighted by molar-refractivity contribution is 5.77. The maximum absolute atomic E-state index is 12.7. The Bertz CT molecular complexity index is 659. The molecule has 26 heavy (non-hydrogen) atoms. The standard InChI is InChI=1S/C16H21F3N4O3/c17-16(18,19)10-1-6-13(14(9-10)23(25)26)21-8-7-15(24)22-12-4-2-11(20)3-5-12/h1,6,9,11-12,21H,2-5,7-8,20H2,(H,22,24). The maximum Gasteiger partial charge on any atom is 0.416 e. The normalized spacial score (nSPS) is 20.5. The zero-order valence-electron chi connectivity index (χ0n) is 14.0. The molecular formula is C16H21F3N4O3. The van der Waals surface area contributed by atoms with Gasteiger partial charge in [0.2, 0.25) is 5.91 Å².